The van der Waals surface area contributed by atoms with Crippen LogP contribution in [0.5, 0.6) is 0 Å². The van der Waals surface area contributed by atoms with Crippen molar-refractivity contribution in [3.8, 4) is 0 Å². The van der Waals surface area contributed by atoms with Crippen LogP contribution in [-0.4, -0.2) is 34.7 Å². The van der Waals surface area contributed by atoms with Gasteiger partial charge in [0.15, 0.2) is 0 Å². The fourth-order valence-corrected chi connectivity index (χ4v) is 4.07. The lowest BCUT2D eigenvalue weighted by molar-refractivity contribution is -0.116. The highest BCUT2D eigenvalue weighted by Gasteiger charge is 2.17. The maximum atomic E-state index is 12.0. The third-order valence-corrected chi connectivity index (χ3v) is 5.24. The molecule has 1 amide bonds. The lowest BCUT2D eigenvalue weighted by Gasteiger charge is -2.22. The minimum atomic E-state index is 0. The number of hydrogen-bond donors (Lipinski definition) is 2. The van der Waals surface area contributed by atoms with Gasteiger partial charge in [0.05, 0.1) is 0 Å². The van der Waals surface area contributed by atoms with Crippen LogP contribution in [0.15, 0.2) is 29.2 Å². The van der Waals surface area contributed by atoms with Gasteiger partial charge in [0.2, 0.25) is 5.91 Å². The summed E-state index contributed by atoms with van der Waals surface area (Å²) < 4.78 is 0.203. The lowest BCUT2D eigenvalue weighted by Crippen LogP contribution is -2.39. The quantitative estimate of drug-likeness (QED) is 0.795. The van der Waals surface area contributed by atoms with Crippen molar-refractivity contribution in [1.29, 1.82) is 0 Å². The Morgan fingerprint density at radius 2 is 2.05 bits per heavy atom. The van der Waals surface area contributed by atoms with E-state index in [1.54, 1.807) is 0 Å². The summed E-state index contributed by atoms with van der Waals surface area (Å²) in [5, 5.41) is 6.37. The number of thioether (sulfide) groups is 2. The van der Waals surface area contributed by atoms with Crippen molar-refractivity contribution in [2.45, 2.75) is 42.9 Å². The number of carbonyl (C=O) groups excluding carboxylic acids is 1. The van der Waals surface area contributed by atoms with Crippen LogP contribution >= 0.6 is 35.9 Å². The molecule has 1 saturated heterocycles. The van der Waals surface area contributed by atoms with Gasteiger partial charge in [-0.3, -0.25) is 4.79 Å². The van der Waals surface area contributed by atoms with Crippen LogP contribution in [0.4, 0.5) is 5.69 Å². The number of anilines is 1. The van der Waals surface area contributed by atoms with Crippen molar-refractivity contribution in [1.82, 2.24) is 5.32 Å². The first-order valence-corrected chi connectivity index (χ1v) is 9.29. The Morgan fingerprint density at radius 3 is 2.59 bits per heavy atom. The molecule has 1 unspecified atom stereocenters. The van der Waals surface area contributed by atoms with E-state index in [0.717, 1.165) is 23.7 Å². The molecule has 2 rings (SSSR count). The molecule has 1 aromatic carbocycles. The predicted molar refractivity (Wildman–Crippen MR) is 102 cm³/mol. The normalized spacial score (nSPS) is 18.4. The van der Waals surface area contributed by atoms with E-state index in [1.807, 2.05) is 35.7 Å². The molecule has 1 aliphatic rings. The van der Waals surface area contributed by atoms with Crippen LogP contribution in [0.25, 0.3) is 0 Å². The van der Waals surface area contributed by atoms with Gasteiger partial charge in [-0.05, 0) is 24.3 Å². The van der Waals surface area contributed by atoms with E-state index >= 15 is 0 Å². The summed E-state index contributed by atoms with van der Waals surface area (Å²) in [6.07, 6.45) is 0.547. The third-order valence-electron chi connectivity index (χ3n) is 2.99. The molecule has 0 aliphatic carbocycles. The summed E-state index contributed by atoms with van der Waals surface area (Å²) in [5.74, 6) is 2.26. The maximum absolute atomic E-state index is 12.0. The van der Waals surface area contributed by atoms with Crippen LogP contribution in [0.2, 0.25) is 0 Å². The number of rotatable bonds is 4. The van der Waals surface area contributed by atoms with Gasteiger partial charge >= 0.3 is 0 Å². The van der Waals surface area contributed by atoms with Crippen molar-refractivity contribution in [3.63, 3.8) is 0 Å². The molecule has 22 heavy (non-hydrogen) atoms. The summed E-state index contributed by atoms with van der Waals surface area (Å²) in [4.78, 5) is 13.3. The molecular formula is C16H25ClN2OS2. The second kappa shape index (κ2) is 9.06. The van der Waals surface area contributed by atoms with Crippen LogP contribution in [0.1, 0.15) is 27.2 Å². The largest absolute Gasteiger partial charge is 0.326 e. The zero-order chi connectivity index (χ0) is 15.3. The van der Waals surface area contributed by atoms with Crippen molar-refractivity contribution in [2.75, 3.05) is 23.4 Å². The van der Waals surface area contributed by atoms with Gasteiger partial charge in [-0.2, -0.15) is 11.8 Å². The standard InChI is InChI=1S/C16H24N2OS2.ClH/c1-16(2,3)21-14-6-4-12(5-7-14)18-15(19)10-13-11-20-9-8-17-13;/h4-7,13,17H,8-11H2,1-3H3,(H,18,19);1H. The fourth-order valence-electron chi connectivity index (χ4n) is 2.15. The summed E-state index contributed by atoms with van der Waals surface area (Å²) in [5.41, 5.74) is 0.877. The van der Waals surface area contributed by atoms with Gasteiger partial charge in [0.25, 0.3) is 0 Å². The van der Waals surface area contributed by atoms with Gasteiger partial charge in [-0.25, -0.2) is 0 Å². The van der Waals surface area contributed by atoms with E-state index in [-0.39, 0.29) is 23.1 Å². The number of hydrogen-bond acceptors (Lipinski definition) is 4. The first-order valence-electron chi connectivity index (χ1n) is 7.32. The molecule has 6 heteroatoms. The zero-order valence-electron chi connectivity index (χ0n) is 13.3. The molecule has 124 valence electrons. The summed E-state index contributed by atoms with van der Waals surface area (Å²) in [7, 11) is 0. The highest BCUT2D eigenvalue weighted by atomic mass is 35.5. The van der Waals surface area contributed by atoms with Gasteiger partial charge in [0, 0.05) is 45.8 Å². The molecule has 2 N–H and O–H groups in total. The molecular weight excluding hydrogens is 336 g/mol. The number of benzene rings is 1. The van der Waals surface area contributed by atoms with Crippen molar-refractivity contribution in [3.05, 3.63) is 24.3 Å². The maximum Gasteiger partial charge on any atom is 0.225 e. The first kappa shape index (κ1) is 19.7. The second-order valence-electron chi connectivity index (χ2n) is 6.22. The van der Waals surface area contributed by atoms with E-state index in [1.165, 1.54) is 4.90 Å². The number of nitrogens with one attached hydrogen (secondary N) is 2. The Bertz CT molecular complexity index is 468. The molecule has 0 spiro atoms. The van der Waals surface area contributed by atoms with Crippen LogP contribution in [-0.2, 0) is 4.79 Å². The van der Waals surface area contributed by atoms with Gasteiger partial charge in [0.1, 0.15) is 0 Å². The lowest BCUT2D eigenvalue weighted by atomic mass is 10.2. The van der Waals surface area contributed by atoms with Gasteiger partial charge < -0.3 is 10.6 Å². The van der Waals surface area contributed by atoms with E-state index in [9.17, 15) is 4.79 Å². The van der Waals surface area contributed by atoms with Crippen LogP contribution in [0.3, 0.4) is 0 Å². The molecule has 1 aromatic rings. The fraction of sp³-hybridized carbons (Fsp3) is 0.562. The molecule has 1 fully saturated rings. The highest BCUT2D eigenvalue weighted by Crippen LogP contribution is 2.32. The first-order chi connectivity index (χ1) is 9.92. The molecule has 0 aromatic heterocycles. The van der Waals surface area contributed by atoms with Gasteiger partial charge in [-0.1, -0.05) is 20.8 Å². The second-order valence-corrected chi connectivity index (χ2v) is 9.27. The molecule has 1 aliphatic heterocycles. The van der Waals surface area contributed by atoms with Crippen molar-refractivity contribution in [2.24, 2.45) is 0 Å². The number of halogens is 1. The van der Waals surface area contributed by atoms with Gasteiger partial charge in [-0.15, -0.1) is 24.2 Å². The molecule has 1 atom stereocenters. The Kier molecular flexibility index (Phi) is 8.11. The highest BCUT2D eigenvalue weighted by molar-refractivity contribution is 8.00. The topological polar surface area (TPSA) is 41.1 Å². The molecule has 1 heterocycles. The van der Waals surface area contributed by atoms with E-state index in [2.05, 4.69) is 43.5 Å². The summed E-state index contributed by atoms with van der Waals surface area (Å²) in [6.45, 7) is 7.59. The summed E-state index contributed by atoms with van der Waals surface area (Å²) in [6, 6.07) is 8.41. The molecule has 0 bridgehead atoms. The Morgan fingerprint density at radius 1 is 1.36 bits per heavy atom. The van der Waals surface area contributed by atoms with Crippen LogP contribution < -0.4 is 10.6 Å². The Hall–Kier alpha value is -0.360. The minimum absolute atomic E-state index is 0. The molecule has 3 nitrogen and oxygen atoms in total. The van der Waals surface area contributed by atoms with E-state index in [0.29, 0.717) is 12.5 Å². The number of carbonyl (C=O) groups is 1. The minimum Gasteiger partial charge on any atom is -0.326 e. The predicted octanol–water partition coefficient (Wildman–Crippen LogP) is 4.03. The van der Waals surface area contributed by atoms with Crippen LogP contribution in [0, 0.1) is 0 Å². The number of amides is 1. The SMILES string of the molecule is CC(C)(C)Sc1ccc(NC(=O)CC2CSCCN2)cc1.Cl. The Labute approximate surface area is 148 Å². The third kappa shape index (κ3) is 7.27. The van der Waals surface area contributed by atoms with Crippen molar-refractivity contribution < 1.29 is 4.79 Å². The van der Waals surface area contributed by atoms with Crippen molar-refractivity contribution >= 4 is 47.5 Å². The monoisotopic (exact) mass is 360 g/mol. The molecule has 0 radical (unpaired) electrons. The Balaban J connectivity index is 0.00000242. The molecule has 0 saturated carbocycles. The average Bonchev–Trinajstić information content (AvgIpc) is 2.40. The summed E-state index contributed by atoms with van der Waals surface area (Å²) >= 11 is 3.74. The van der Waals surface area contributed by atoms with E-state index < -0.39 is 0 Å². The average molecular weight is 361 g/mol. The smallest absolute Gasteiger partial charge is 0.225 e. The zero-order valence-corrected chi connectivity index (χ0v) is 15.8. The van der Waals surface area contributed by atoms with E-state index in [4.69, 9.17) is 0 Å².